The normalized spacial score (nSPS) is 19.5. The molecule has 1 aromatic heterocycles. The van der Waals surface area contributed by atoms with E-state index in [1.807, 2.05) is 11.7 Å². The Bertz CT molecular complexity index is 352. The highest BCUT2D eigenvalue weighted by Gasteiger charge is 2.25. The number of nitrogens with two attached hydrogens (primary N) is 1. The van der Waals surface area contributed by atoms with Crippen molar-refractivity contribution < 1.29 is 0 Å². The van der Waals surface area contributed by atoms with Crippen LogP contribution in [-0.4, -0.2) is 14.8 Å². The summed E-state index contributed by atoms with van der Waals surface area (Å²) in [5.41, 5.74) is 6.36. The Morgan fingerprint density at radius 1 is 1.35 bits per heavy atom. The van der Waals surface area contributed by atoms with Gasteiger partial charge in [-0.25, -0.2) is 4.98 Å². The van der Waals surface area contributed by atoms with Crippen molar-refractivity contribution in [2.24, 2.45) is 18.7 Å². The highest BCUT2D eigenvalue weighted by molar-refractivity contribution is 5.00. The third-order valence-electron chi connectivity index (χ3n) is 3.77. The fourth-order valence-electron chi connectivity index (χ4n) is 2.78. The highest BCUT2D eigenvalue weighted by Crippen LogP contribution is 2.32. The molecule has 0 saturated heterocycles. The largest absolute Gasteiger partial charge is 0.321 e. The summed E-state index contributed by atoms with van der Waals surface area (Å²) in [6.45, 7) is 2.15. The number of aryl methyl sites for hydroxylation is 2. The van der Waals surface area contributed by atoms with E-state index in [0.29, 0.717) is 5.92 Å². The molecule has 0 amide bonds. The molecule has 1 heterocycles. The van der Waals surface area contributed by atoms with Crippen LogP contribution in [0.5, 0.6) is 0 Å². The minimum atomic E-state index is 0.0680. The van der Waals surface area contributed by atoms with Gasteiger partial charge in [0, 0.05) is 13.5 Å². The van der Waals surface area contributed by atoms with Gasteiger partial charge in [0.25, 0.3) is 0 Å². The Morgan fingerprint density at radius 3 is 2.71 bits per heavy atom. The molecule has 2 N–H and O–H groups in total. The third-order valence-corrected chi connectivity index (χ3v) is 3.77. The molecule has 1 atom stereocenters. The van der Waals surface area contributed by atoms with Crippen LogP contribution in [0.1, 0.15) is 63.1 Å². The second kappa shape index (κ2) is 5.63. The lowest BCUT2D eigenvalue weighted by molar-refractivity contribution is 0.296. The fraction of sp³-hybridized carbons (Fsp3) is 0.846. The average molecular weight is 236 g/mol. The Balaban J connectivity index is 2.09. The van der Waals surface area contributed by atoms with Crippen molar-refractivity contribution in [1.29, 1.82) is 0 Å². The zero-order valence-corrected chi connectivity index (χ0v) is 11.0. The molecular formula is C13H24N4. The molecular weight excluding hydrogens is 212 g/mol. The van der Waals surface area contributed by atoms with Crippen LogP contribution in [0, 0.1) is 5.92 Å². The molecule has 0 radical (unpaired) electrons. The zero-order valence-electron chi connectivity index (χ0n) is 11.0. The Hall–Kier alpha value is -0.900. The maximum Gasteiger partial charge on any atom is 0.151 e. The van der Waals surface area contributed by atoms with Crippen LogP contribution >= 0.6 is 0 Å². The lowest BCUT2D eigenvalue weighted by atomic mass is 9.84. The van der Waals surface area contributed by atoms with E-state index in [0.717, 1.165) is 24.5 Å². The quantitative estimate of drug-likeness (QED) is 0.873. The van der Waals surface area contributed by atoms with Crippen LogP contribution in [-0.2, 0) is 13.5 Å². The zero-order chi connectivity index (χ0) is 12.3. The first-order valence-corrected chi connectivity index (χ1v) is 6.87. The van der Waals surface area contributed by atoms with Gasteiger partial charge in [-0.15, -0.1) is 0 Å². The summed E-state index contributed by atoms with van der Waals surface area (Å²) in [5, 5.41) is 4.44. The van der Waals surface area contributed by atoms with Crippen molar-refractivity contribution in [1.82, 2.24) is 14.8 Å². The first kappa shape index (κ1) is 12.6. The van der Waals surface area contributed by atoms with E-state index in [4.69, 9.17) is 5.73 Å². The van der Waals surface area contributed by atoms with Crippen LogP contribution in [0.4, 0.5) is 0 Å². The molecule has 0 aromatic carbocycles. The highest BCUT2D eigenvalue weighted by atomic mass is 15.3. The molecule has 1 fully saturated rings. The lowest BCUT2D eigenvalue weighted by Crippen LogP contribution is -2.26. The molecule has 0 aliphatic heterocycles. The van der Waals surface area contributed by atoms with E-state index in [1.165, 1.54) is 32.1 Å². The van der Waals surface area contributed by atoms with Crippen molar-refractivity contribution in [2.45, 2.75) is 57.9 Å². The Kier molecular flexibility index (Phi) is 4.15. The number of hydrogen-bond acceptors (Lipinski definition) is 3. The molecule has 1 unspecified atom stereocenters. The van der Waals surface area contributed by atoms with Crippen molar-refractivity contribution in [2.75, 3.05) is 0 Å². The average Bonchev–Trinajstić information content (AvgIpc) is 2.71. The molecule has 0 bridgehead atoms. The van der Waals surface area contributed by atoms with Crippen LogP contribution in [0.15, 0.2) is 0 Å². The first-order chi connectivity index (χ1) is 8.22. The minimum Gasteiger partial charge on any atom is -0.321 e. The first-order valence-electron chi connectivity index (χ1n) is 6.87. The summed E-state index contributed by atoms with van der Waals surface area (Å²) in [7, 11) is 1.96. The molecule has 17 heavy (non-hydrogen) atoms. The van der Waals surface area contributed by atoms with Gasteiger partial charge in [0.1, 0.15) is 5.82 Å². The monoisotopic (exact) mass is 236 g/mol. The van der Waals surface area contributed by atoms with Crippen molar-refractivity contribution in [3.05, 3.63) is 11.6 Å². The number of aromatic nitrogens is 3. The third kappa shape index (κ3) is 2.86. The van der Waals surface area contributed by atoms with E-state index in [1.54, 1.807) is 0 Å². The molecule has 4 nitrogen and oxygen atoms in total. The van der Waals surface area contributed by atoms with Gasteiger partial charge in [-0.2, -0.15) is 5.10 Å². The summed E-state index contributed by atoms with van der Waals surface area (Å²) < 4.78 is 1.88. The number of hydrogen-bond donors (Lipinski definition) is 1. The molecule has 96 valence electrons. The van der Waals surface area contributed by atoms with Gasteiger partial charge in [0.05, 0.1) is 6.04 Å². The Labute approximate surface area is 104 Å². The molecule has 1 aliphatic rings. The number of nitrogens with zero attached hydrogens (tertiary/aromatic N) is 3. The Morgan fingerprint density at radius 2 is 2.06 bits per heavy atom. The van der Waals surface area contributed by atoms with Crippen LogP contribution < -0.4 is 5.73 Å². The predicted octanol–water partition coefficient (Wildman–Crippen LogP) is 2.35. The standard InChI is InChI=1S/C13H24N4/c1-3-7-11-15-13(17(2)16-11)12(14)10-8-5-4-6-9-10/h10,12H,3-9,14H2,1-2H3. The molecule has 1 aliphatic carbocycles. The SMILES string of the molecule is CCCc1nc(C(N)C2CCCCC2)n(C)n1. The molecule has 1 saturated carbocycles. The van der Waals surface area contributed by atoms with Crippen LogP contribution in [0.3, 0.4) is 0 Å². The van der Waals surface area contributed by atoms with Crippen molar-refractivity contribution in [3.8, 4) is 0 Å². The van der Waals surface area contributed by atoms with Crippen molar-refractivity contribution >= 4 is 0 Å². The second-order valence-corrected chi connectivity index (χ2v) is 5.18. The summed E-state index contributed by atoms with van der Waals surface area (Å²) in [6, 6.07) is 0.0680. The minimum absolute atomic E-state index is 0.0680. The van der Waals surface area contributed by atoms with Gasteiger partial charge >= 0.3 is 0 Å². The van der Waals surface area contributed by atoms with Gasteiger partial charge in [-0.3, -0.25) is 4.68 Å². The molecule has 0 spiro atoms. The van der Waals surface area contributed by atoms with E-state index >= 15 is 0 Å². The van der Waals surface area contributed by atoms with Gasteiger partial charge in [0.15, 0.2) is 5.82 Å². The summed E-state index contributed by atoms with van der Waals surface area (Å²) in [4.78, 5) is 4.60. The molecule has 4 heteroatoms. The smallest absolute Gasteiger partial charge is 0.151 e. The van der Waals surface area contributed by atoms with Gasteiger partial charge in [-0.1, -0.05) is 26.2 Å². The van der Waals surface area contributed by atoms with Gasteiger partial charge < -0.3 is 5.73 Å². The fourth-order valence-corrected chi connectivity index (χ4v) is 2.78. The van der Waals surface area contributed by atoms with E-state index in [9.17, 15) is 0 Å². The topological polar surface area (TPSA) is 56.7 Å². The summed E-state index contributed by atoms with van der Waals surface area (Å²) in [6.07, 6.45) is 8.53. The number of rotatable bonds is 4. The summed E-state index contributed by atoms with van der Waals surface area (Å²) in [5.74, 6) is 2.51. The van der Waals surface area contributed by atoms with E-state index in [-0.39, 0.29) is 6.04 Å². The van der Waals surface area contributed by atoms with Crippen LogP contribution in [0.2, 0.25) is 0 Å². The lowest BCUT2D eigenvalue weighted by Gasteiger charge is -2.26. The van der Waals surface area contributed by atoms with Crippen molar-refractivity contribution in [3.63, 3.8) is 0 Å². The van der Waals surface area contributed by atoms with E-state index in [2.05, 4.69) is 17.0 Å². The summed E-state index contributed by atoms with van der Waals surface area (Å²) >= 11 is 0. The maximum atomic E-state index is 6.36. The second-order valence-electron chi connectivity index (χ2n) is 5.18. The van der Waals surface area contributed by atoms with Crippen LogP contribution in [0.25, 0.3) is 0 Å². The van der Waals surface area contributed by atoms with E-state index < -0.39 is 0 Å². The maximum absolute atomic E-state index is 6.36. The predicted molar refractivity (Wildman–Crippen MR) is 68.5 cm³/mol. The molecule has 2 rings (SSSR count). The molecule has 1 aromatic rings. The van der Waals surface area contributed by atoms with Gasteiger partial charge in [-0.05, 0) is 25.2 Å². The van der Waals surface area contributed by atoms with Gasteiger partial charge in [0.2, 0.25) is 0 Å².